The quantitative estimate of drug-likeness (QED) is 0.804. The van der Waals surface area contributed by atoms with Gasteiger partial charge in [-0.3, -0.25) is 4.79 Å². The van der Waals surface area contributed by atoms with E-state index >= 15 is 0 Å². The molecule has 1 N–H and O–H groups in total. The Bertz CT molecular complexity index is 822. The van der Waals surface area contributed by atoms with Crippen LogP contribution in [0.5, 0.6) is 0 Å². The number of rotatable bonds is 3. The first-order valence-corrected chi connectivity index (χ1v) is 6.47. The normalized spacial score (nSPS) is 11.0. The molecule has 1 aromatic heterocycles. The van der Waals surface area contributed by atoms with E-state index in [4.69, 9.17) is 5.11 Å². The molecule has 3 aromatic rings. The molecule has 0 aliphatic carbocycles. The molecule has 106 valence electrons. The highest BCUT2D eigenvalue weighted by atomic mass is 19.1. The number of carboxylic acid groups (broad SMARTS) is 1. The summed E-state index contributed by atoms with van der Waals surface area (Å²) in [5, 5.41) is 8.84. The largest absolute Gasteiger partial charge is 0.481 e. The third-order valence-electron chi connectivity index (χ3n) is 3.40. The SMILES string of the molecule is Cn1c(-c2ccc(F)cc2)nc2cc(CC(=O)O)ccc21. The van der Waals surface area contributed by atoms with Gasteiger partial charge in [-0.05, 0) is 42.0 Å². The van der Waals surface area contributed by atoms with Crippen molar-refractivity contribution in [1.82, 2.24) is 9.55 Å². The van der Waals surface area contributed by atoms with E-state index in [0.717, 1.165) is 22.4 Å². The number of benzene rings is 2. The maximum atomic E-state index is 13.0. The van der Waals surface area contributed by atoms with Crippen LogP contribution in [0.1, 0.15) is 5.56 Å². The summed E-state index contributed by atoms with van der Waals surface area (Å²) in [7, 11) is 1.88. The number of hydrogen-bond donors (Lipinski definition) is 1. The van der Waals surface area contributed by atoms with Crippen LogP contribution in [0, 0.1) is 5.82 Å². The average Bonchev–Trinajstić information content (AvgIpc) is 2.76. The molecule has 0 aliphatic heterocycles. The minimum absolute atomic E-state index is 0.0294. The van der Waals surface area contributed by atoms with Crippen LogP contribution < -0.4 is 0 Å². The molecule has 0 aliphatic rings. The number of nitrogens with zero attached hydrogens (tertiary/aromatic N) is 2. The molecule has 0 fully saturated rings. The third-order valence-corrected chi connectivity index (χ3v) is 3.40. The zero-order valence-electron chi connectivity index (χ0n) is 11.4. The van der Waals surface area contributed by atoms with E-state index in [1.807, 2.05) is 17.7 Å². The molecular formula is C16H13FN2O2. The summed E-state index contributed by atoms with van der Waals surface area (Å²) in [5.74, 6) is -0.442. The summed E-state index contributed by atoms with van der Waals surface area (Å²) >= 11 is 0. The van der Waals surface area contributed by atoms with Crippen LogP contribution in [0.3, 0.4) is 0 Å². The second-order valence-corrected chi connectivity index (χ2v) is 4.89. The van der Waals surface area contributed by atoms with Crippen LogP contribution >= 0.6 is 0 Å². The molecule has 3 rings (SSSR count). The van der Waals surface area contributed by atoms with Crippen LogP contribution in [0.25, 0.3) is 22.4 Å². The number of aliphatic carboxylic acids is 1. The van der Waals surface area contributed by atoms with E-state index in [2.05, 4.69) is 4.98 Å². The maximum absolute atomic E-state index is 13.0. The van der Waals surface area contributed by atoms with Gasteiger partial charge in [-0.15, -0.1) is 0 Å². The van der Waals surface area contributed by atoms with Crippen molar-refractivity contribution >= 4 is 17.0 Å². The molecule has 2 aromatic carbocycles. The zero-order chi connectivity index (χ0) is 15.0. The number of hydrogen-bond acceptors (Lipinski definition) is 2. The highest BCUT2D eigenvalue weighted by Crippen LogP contribution is 2.24. The number of fused-ring (bicyclic) bond motifs is 1. The highest BCUT2D eigenvalue weighted by Gasteiger charge is 2.11. The van der Waals surface area contributed by atoms with E-state index in [1.54, 1.807) is 24.3 Å². The van der Waals surface area contributed by atoms with Crippen LogP contribution in [-0.2, 0) is 18.3 Å². The predicted octanol–water partition coefficient (Wildman–Crippen LogP) is 3.01. The van der Waals surface area contributed by atoms with E-state index in [-0.39, 0.29) is 12.2 Å². The molecule has 21 heavy (non-hydrogen) atoms. The molecular weight excluding hydrogens is 271 g/mol. The van der Waals surface area contributed by atoms with Gasteiger partial charge < -0.3 is 9.67 Å². The first-order chi connectivity index (χ1) is 10.0. The lowest BCUT2D eigenvalue weighted by Crippen LogP contribution is -1.99. The fourth-order valence-electron chi connectivity index (χ4n) is 2.39. The van der Waals surface area contributed by atoms with Gasteiger partial charge in [0.1, 0.15) is 11.6 Å². The molecule has 1 heterocycles. The minimum atomic E-state index is -0.871. The number of aryl methyl sites for hydroxylation is 1. The lowest BCUT2D eigenvalue weighted by molar-refractivity contribution is -0.136. The Kier molecular flexibility index (Phi) is 3.17. The molecule has 0 bridgehead atoms. The summed E-state index contributed by atoms with van der Waals surface area (Å²) in [4.78, 5) is 15.3. The second kappa shape index (κ2) is 5.01. The Hall–Kier alpha value is -2.69. The lowest BCUT2D eigenvalue weighted by Gasteiger charge is -2.02. The van der Waals surface area contributed by atoms with E-state index < -0.39 is 5.97 Å². The van der Waals surface area contributed by atoms with Gasteiger partial charge in [-0.25, -0.2) is 9.37 Å². The van der Waals surface area contributed by atoms with Crippen LogP contribution in [0.4, 0.5) is 4.39 Å². The molecule has 4 nitrogen and oxygen atoms in total. The average molecular weight is 284 g/mol. The van der Waals surface area contributed by atoms with Gasteiger partial charge in [-0.1, -0.05) is 6.07 Å². The van der Waals surface area contributed by atoms with Crippen molar-refractivity contribution in [2.24, 2.45) is 7.05 Å². The van der Waals surface area contributed by atoms with Gasteiger partial charge in [0.05, 0.1) is 17.5 Å². The summed E-state index contributed by atoms with van der Waals surface area (Å²) in [6, 6.07) is 11.6. The minimum Gasteiger partial charge on any atom is -0.481 e. The summed E-state index contributed by atoms with van der Waals surface area (Å²) in [5.41, 5.74) is 3.16. The van der Waals surface area contributed by atoms with Crippen LogP contribution in [0.15, 0.2) is 42.5 Å². The van der Waals surface area contributed by atoms with Gasteiger partial charge in [0, 0.05) is 12.6 Å². The Morgan fingerprint density at radius 2 is 1.95 bits per heavy atom. The maximum Gasteiger partial charge on any atom is 0.307 e. The number of imidazole rings is 1. The monoisotopic (exact) mass is 284 g/mol. The molecule has 0 radical (unpaired) electrons. The molecule has 0 spiro atoms. The van der Waals surface area contributed by atoms with Crippen molar-refractivity contribution in [3.8, 4) is 11.4 Å². The topological polar surface area (TPSA) is 55.1 Å². The smallest absolute Gasteiger partial charge is 0.307 e. The Balaban J connectivity index is 2.10. The van der Waals surface area contributed by atoms with Crippen LogP contribution in [-0.4, -0.2) is 20.6 Å². The third kappa shape index (κ3) is 2.50. The number of carbonyl (C=O) groups is 1. The van der Waals surface area contributed by atoms with Gasteiger partial charge in [0.2, 0.25) is 0 Å². The molecule has 5 heteroatoms. The van der Waals surface area contributed by atoms with Gasteiger partial charge in [0.25, 0.3) is 0 Å². The predicted molar refractivity (Wildman–Crippen MR) is 77.4 cm³/mol. The fraction of sp³-hybridized carbons (Fsp3) is 0.125. The van der Waals surface area contributed by atoms with Crippen molar-refractivity contribution in [3.63, 3.8) is 0 Å². The van der Waals surface area contributed by atoms with E-state index in [1.165, 1.54) is 12.1 Å². The lowest BCUT2D eigenvalue weighted by atomic mass is 10.1. The molecule has 0 saturated carbocycles. The highest BCUT2D eigenvalue weighted by molar-refractivity contribution is 5.82. The number of halogens is 1. The van der Waals surface area contributed by atoms with Crippen molar-refractivity contribution in [1.29, 1.82) is 0 Å². The van der Waals surface area contributed by atoms with E-state index in [9.17, 15) is 9.18 Å². The summed E-state index contributed by atoms with van der Waals surface area (Å²) < 4.78 is 14.9. The fourth-order valence-corrected chi connectivity index (χ4v) is 2.39. The number of aromatic nitrogens is 2. The standard InChI is InChI=1S/C16H13FN2O2/c1-19-14-7-2-10(9-15(20)21)8-13(14)18-16(19)11-3-5-12(17)6-4-11/h2-8H,9H2,1H3,(H,20,21). The Morgan fingerprint density at radius 3 is 2.62 bits per heavy atom. The van der Waals surface area contributed by atoms with Crippen molar-refractivity contribution in [2.45, 2.75) is 6.42 Å². The molecule has 0 atom stereocenters. The summed E-state index contributed by atoms with van der Waals surface area (Å²) in [6.45, 7) is 0. The second-order valence-electron chi connectivity index (χ2n) is 4.89. The Labute approximate surface area is 120 Å². The molecule has 0 unspecified atom stereocenters. The van der Waals surface area contributed by atoms with Crippen molar-refractivity contribution in [3.05, 3.63) is 53.8 Å². The van der Waals surface area contributed by atoms with Gasteiger partial charge in [0.15, 0.2) is 0 Å². The van der Waals surface area contributed by atoms with Crippen molar-refractivity contribution in [2.75, 3.05) is 0 Å². The Morgan fingerprint density at radius 1 is 1.24 bits per heavy atom. The molecule has 0 saturated heterocycles. The zero-order valence-corrected chi connectivity index (χ0v) is 11.4. The van der Waals surface area contributed by atoms with E-state index in [0.29, 0.717) is 5.56 Å². The number of carboxylic acids is 1. The van der Waals surface area contributed by atoms with Crippen LogP contribution in [0.2, 0.25) is 0 Å². The molecule has 0 amide bonds. The summed E-state index contributed by atoms with van der Waals surface area (Å²) in [6.07, 6.45) is -0.0294. The van der Waals surface area contributed by atoms with Crippen molar-refractivity contribution < 1.29 is 14.3 Å². The first-order valence-electron chi connectivity index (χ1n) is 6.47. The first kappa shape index (κ1) is 13.3. The van der Waals surface area contributed by atoms with Gasteiger partial charge >= 0.3 is 5.97 Å². The van der Waals surface area contributed by atoms with Gasteiger partial charge in [-0.2, -0.15) is 0 Å².